The second-order valence-corrected chi connectivity index (χ2v) is 3.10. The SMILES string of the molecule is c1cn2ccc(-c3cn[nH]c3)cc2n1. The lowest BCUT2D eigenvalue weighted by atomic mass is 10.1. The van der Waals surface area contributed by atoms with Gasteiger partial charge in [0.25, 0.3) is 0 Å². The average Bonchev–Trinajstić information content (AvgIpc) is 2.88. The smallest absolute Gasteiger partial charge is 0.137 e. The van der Waals surface area contributed by atoms with E-state index in [1.165, 1.54) is 0 Å². The molecule has 0 saturated heterocycles. The van der Waals surface area contributed by atoms with Gasteiger partial charge in [0, 0.05) is 30.4 Å². The Hall–Kier alpha value is -2.10. The molecule has 0 aliphatic carbocycles. The van der Waals surface area contributed by atoms with Crippen LogP contribution in [0.2, 0.25) is 0 Å². The van der Waals surface area contributed by atoms with Gasteiger partial charge in [-0.2, -0.15) is 5.10 Å². The molecule has 0 fully saturated rings. The number of hydrogen-bond acceptors (Lipinski definition) is 2. The minimum atomic E-state index is 0.948. The van der Waals surface area contributed by atoms with Gasteiger partial charge in [-0.3, -0.25) is 5.10 Å². The van der Waals surface area contributed by atoms with Gasteiger partial charge in [-0.1, -0.05) is 0 Å². The van der Waals surface area contributed by atoms with Crippen molar-refractivity contribution in [2.45, 2.75) is 0 Å². The number of aromatic amines is 1. The minimum Gasteiger partial charge on any atom is -0.307 e. The van der Waals surface area contributed by atoms with Crippen molar-refractivity contribution in [1.82, 2.24) is 19.6 Å². The highest BCUT2D eigenvalue weighted by molar-refractivity contribution is 5.65. The first kappa shape index (κ1) is 7.32. The van der Waals surface area contributed by atoms with E-state index in [9.17, 15) is 0 Å². The summed E-state index contributed by atoms with van der Waals surface area (Å²) < 4.78 is 1.98. The van der Waals surface area contributed by atoms with Crippen LogP contribution in [-0.4, -0.2) is 19.6 Å². The number of aromatic nitrogens is 4. The third kappa shape index (κ3) is 1.01. The van der Waals surface area contributed by atoms with E-state index in [1.54, 1.807) is 12.4 Å². The van der Waals surface area contributed by atoms with Gasteiger partial charge in [0.15, 0.2) is 0 Å². The molecular weight excluding hydrogens is 176 g/mol. The Kier molecular flexibility index (Phi) is 1.41. The summed E-state index contributed by atoms with van der Waals surface area (Å²) >= 11 is 0. The molecule has 1 N–H and O–H groups in total. The Morgan fingerprint density at radius 1 is 1.21 bits per heavy atom. The van der Waals surface area contributed by atoms with Crippen LogP contribution in [0.15, 0.2) is 43.1 Å². The molecule has 3 rings (SSSR count). The number of rotatable bonds is 1. The molecule has 0 bridgehead atoms. The monoisotopic (exact) mass is 184 g/mol. The molecule has 3 aromatic rings. The molecule has 0 aromatic carbocycles. The predicted octanol–water partition coefficient (Wildman–Crippen LogP) is 1.72. The van der Waals surface area contributed by atoms with Crippen molar-refractivity contribution in [2.24, 2.45) is 0 Å². The fourth-order valence-corrected chi connectivity index (χ4v) is 1.50. The molecule has 0 amide bonds. The maximum Gasteiger partial charge on any atom is 0.137 e. The highest BCUT2D eigenvalue weighted by Crippen LogP contribution is 2.18. The fourth-order valence-electron chi connectivity index (χ4n) is 1.50. The minimum absolute atomic E-state index is 0.948. The van der Waals surface area contributed by atoms with Gasteiger partial charge in [-0.25, -0.2) is 4.98 Å². The number of H-pyrrole nitrogens is 1. The normalized spacial score (nSPS) is 10.9. The molecule has 0 atom stereocenters. The van der Waals surface area contributed by atoms with E-state index in [2.05, 4.69) is 15.2 Å². The van der Waals surface area contributed by atoms with E-state index < -0.39 is 0 Å². The Balaban J connectivity index is 2.23. The number of imidazole rings is 1. The summed E-state index contributed by atoms with van der Waals surface area (Å²) in [5.41, 5.74) is 3.15. The lowest BCUT2D eigenvalue weighted by molar-refractivity contribution is 1.09. The Labute approximate surface area is 80.2 Å². The van der Waals surface area contributed by atoms with Crippen molar-refractivity contribution in [3.05, 3.63) is 43.1 Å². The average molecular weight is 184 g/mol. The lowest BCUT2D eigenvalue weighted by Gasteiger charge is -1.97. The first-order valence-electron chi connectivity index (χ1n) is 4.35. The molecule has 14 heavy (non-hydrogen) atoms. The van der Waals surface area contributed by atoms with Crippen LogP contribution in [0, 0.1) is 0 Å². The molecule has 3 aromatic heterocycles. The standard InChI is InChI=1S/C10H8N4/c1-3-14-4-2-11-10(14)5-8(1)9-6-12-13-7-9/h1-7H,(H,12,13). The van der Waals surface area contributed by atoms with Crippen molar-refractivity contribution in [1.29, 1.82) is 0 Å². The quantitative estimate of drug-likeness (QED) is 0.626. The van der Waals surface area contributed by atoms with Gasteiger partial charge in [-0.05, 0) is 17.7 Å². The maximum absolute atomic E-state index is 4.22. The van der Waals surface area contributed by atoms with Crippen LogP contribution < -0.4 is 0 Å². The first-order valence-corrected chi connectivity index (χ1v) is 4.35. The zero-order valence-corrected chi connectivity index (χ0v) is 7.38. The number of nitrogens with one attached hydrogen (secondary N) is 1. The zero-order valence-electron chi connectivity index (χ0n) is 7.38. The van der Waals surface area contributed by atoms with Gasteiger partial charge in [0.1, 0.15) is 5.65 Å². The summed E-state index contributed by atoms with van der Waals surface area (Å²) in [6, 6.07) is 4.07. The molecule has 68 valence electrons. The molecule has 0 aliphatic rings. The molecule has 3 heterocycles. The van der Waals surface area contributed by atoms with Gasteiger partial charge in [0.2, 0.25) is 0 Å². The lowest BCUT2D eigenvalue weighted by Crippen LogP contribution is -1.83. The van der Waals surface area contributed by atoms with E-state index in [1.807, 2.05) is 35.1 Å². The molecule has 0 spiro atoms. The number of fused-ring (bicyclic) bond motifs is 1. The molecule has 0 aliphatic heterocycles. The van der Waals surface area contributed by atoms with E-state index >= 15 is 0 Å². The van der Waals surface area contributed by atoms with Gasteiger partial charge in [0.05, 0.1) is 6.20 Å². The van der Waals surface area contributed by atoms with Crippen LogP contribution in [0.3, 0.4) is 0 Å². The summed E-state index contributed by atoms with van der Waals surface area (Å²) in [5, 5.41) is 6.71. The second kappa shape index (κ2) is 2.70. The van der Waals surface area contributed by atoms with E-state index in [-0.39, 0.29) is 0 Å². The molecule has 4 heteroatoms. The van der Waals surface area contributed by atoms with Crippen LogP contribution in [0.25, 0.3) is 16.8 Å². The third-order valence-electron chi connectivity index (χ3n) is 2.23. The number of hydrogen-bond donors (Lipinski definition) is 1. The second-order valence-electron chi connectivity index (χ2n) is 3.10. The summed E-state index contributed by atoms with van der Waals surface area (Å²) in [5.74, 6) is 0. The highest BCUT2D eigenvalue weighted by atomic mass is 15.1. The van der Waals surface area contributed by atoms with Crippen molar-refractivity contribution in [3.8, 4) is 11.1 Å². The summed E-state index contributed by atoms with van der Waals surface area (Å²) in [7, 11) is 0. The number of pyridine rings is 1. The van der Waals surface area contributed by atoms with Gasteiger partial charge >= 0.3 is 0 Å². The summed E-state index contributed by atoms with van der Waals surface area (Å²) in [6.45, 7) is 0. The molecule has 0 unspecified atom stereocenters. The predicted molar refractivity (Wildman–Crippen MR) is 52.8 cm³/mol. The van der Waals surface area contributed by atoms with E-state index in [0.29, 0.717) is 0 Å². The van der Waals surface area contributed by atoms with Crippen molar-refractivity contribution in [3.63, 3.8) is 0 Å². The largest absolute Gasteiger partial charge is 0.307 e. The van der Waals surface area contributed by atoms with Crippen LogP contribution >= 0.6 is 0 Å². The van der Waals surface area contributed by atoms with E-state index in [0.717, 1.165) is 16.8 Å². The van der Waals surface area contributed by atoms with Crippen molar-refractivity contribution >= 4 is 5.65 Å². The van der Waals surface area contributed by atoms with Crippen molar-refractivity contribution < 1.29 is 0 Å². The van der Waals surface area contributed by atoms with Crippen LogP contribution in [0.1, 0.15) is 0 Å². The zero-order chi connectivity index (χ0) is 9.38. The highest BCUT2D eigenvalue weighted by Gasteiger charge is 2.00. The molecule has 0 radical (unpaired) electrons. The molecular formula is C10H8N4. The van der Waals surface area contributed by atoms with Gasteiger partial charge < -0.3 is 4.40 Å². The molecule has 4 nitrogen and oxygen atoms in total. The molecule has 0 saturated carbocycles. The van der Waals surface area contributed by atoms with Crippen molar-refractivity contribution in [2.75, 3.05) is 0 Å². The fraction of sp³-hybridized carbons (Fsp3) is 0. The first-order chi connectivity index (χ1) is 6.93. The Morgan fingerprint density at radius 3 is 3.07 bits per heavy atom. The topological polar surface area (TPSA) is 46.0 Å². The maximum atomic E-state index is 4.22. The van der Waals surface area contributed by atoms with Crippen LogP contribution in [0.5, 0.6) is 0 Å². The summed E-state index contributed by atoms with van der Waals surface area (Å²) in [6.07, 6.45) is 9.37. The number of nitrogens with zero attached hydrogens (tertiary/aromatic N) is 3. The Morgan fingerprint density at radius 2 is 2.21 bits per heavy atom. The van der Waals surface area contributed by atoms with Crippen LogP contribution in [0.4, 0.5) is 0 Å². The van der Waals surface area contributed by atoms with Crippen LogP contribution in [-0.2, 0) is 0 Å². The summed E-state index contributed by atoms with van der Waals surface area (Å²) in [4.78, 5) is 4.22. The van der Waals surface area contributed by atoms with E-state index in [4.69, 9.17) is 0 Å². The Bertz CT molecular complexity index is 550. The van der Waals surface area contributed by atoms with Gasteiger partial charge in [-0.15, -0.1) is 0 Å². The third-order valence-corrected chi connectivity index (χ3v) is 2.23.